The molecule has 3 rings (SSSR count). The molecule has 1 amide bonds. The van der Waals surface area contributed by atoms with Crippen LogP contribution in [0.5, 0.6) is 11.5 Å². The summed E-state index contributed by atoms with van der Waals surface area (Å²) < 4.78 is 10.6. The van der Waals surface area contributed by atoms with Gasteiger partial charge in [0.05, 0.1) is 25.5 Å². The quantitative estimate of drug-likeness (QED) is 0.679. The Balaban J connectivity index is 1.71. The van der Waals surface area contributed by atoms with E-state index in [1.807, 2.05) is 43.3 Å². The molecule has 0 atom stereocenters. The van der Waals surface area contributed by atoms with E-state index in [0.29, 0.717) is 22.9 Å². The van der Waals surface area contributed by atoms with Gasteiger partial charge in [0.25, 0.3) is 5.91 Å². The normalized spacial score (nSPS) is 10.2. The molecule has 3 aromatic rings. The summed E-state index contributed by atoms with van der Waals surface area (Å²) >= 11 is 0. The van der Waals surface area contributed by atoms with Gasteiger partial charge < -0.3 is 20.1 Å². The molecule has 0 fully saturated rings. The number of nitrogens with zero attached hydrogens (tertiary/aromatic N) is 1. The smallest absolute Gasteiger partial charge is 0.257 e. The fourth-order valence-corrected chi connectivity index (χ4v) is 2.57. The van der Waals surface area contributed by atoms with Crippen LogP contribution in [0.3, 0.4) is 0 Å². The fourth-order valence-electron chi connectivity index (χ4n) is 2.57. The molecule has 1 aromatic heterocycles. The number of aromatic nitrogens is 1. The Morgan fingerprint density at radius 1 is 1.00 bits per heavy atom. The fraction of sp³-hybridized carbons (Fsp3) is 0.143. The van der Waals surface area contributed by atoms with Crippen molar-refractivity contribution >= 4 is 23.1 Å². The average molecular weight is 363 g/mol. The van der Waals surface area contributed by atoms with Gasteiger partial charge in [0.1, 0.15) is 17.3 Å². The van der Waals surface area contributed by atoms with Crippen molar-refractivity contribution in [2.75, 3.05) is 24.9 Å². The van der Waals surface area contributed by atoms with Gasteiger partial charge in [-0.15, -0.1) is 0 Å². The maximum atomic E-state index is 12.4. The minimum Gasteiger partial charge on any atom is -0.497 e. The first-order chi connectivity index (χ1) is 13.1. The van der Waals surface area contributed by atoms with Gasteiger partial charge in [-0.05, 0) is 48.9 Å². The Labute approximate surface area is 158 Å². The maximum absolute atomic E-state index is 12.4. The summed E-state index contributed by atoms with van der Waals surface area (Å²) in [5, 5.41) is 6.04. The average Bonchev–Trinajstić information content (AvgIpc) is 2.69. The molecule has 0 aliphatic carbocycles. The number of ether oxygens (including phenoxy) is 2. The number of carbonyl (C=O) groups is 1. The van der Waals surface area contributed by atoms with Crippen LogP contribution in [-0.2, 0) is 0 Å². The standard InChI is InChI=1S/C21H21N3O3/c1-14-5-4-6-16(11-14)23-21(25)15-7-10-20(22-13-15)24-18-9-8-17(26-2)12-19(18)27-3/h4-13H,1-3H3,(H,22,24)(H,23,25). The molecule has 0 spiro atoms. The predicted octanol–water partition coefficient (Wildman–Crippen LogP) is 4.40. The number of nitrogens with one attached hydrogen (secondary N) is 2. The number of rotatable bonds is 6. The number of methoxy groups -OCH3 is 2. The second-order valence-electron chi connectivity index (χ2n) is 5.95. The molecule has 2 aromatic carbocycles. The largest absolute Gasteiger partial charge is 0.497 e. The Morgan fingerprint density at radius 3 is 2.52 bits per heavy atom. The highest BCUT2D eigenvalue weighted by Crippen LogP contribution is 2.30. The molecule has 0 aliphatic rings. The minimum atomic E-state index is -0.207. The molecule has 0 unspecified atom stereocenters. The third-order valence-corrected chi connectivity index (χ3v) is 3.97. The molecular weight excluding hydrogens is 342 g/mol. The van der Waals surface area contributed by atoms with E-state index in [0.717, 1.165) is 16.9 Å². The lowest BCUT2D eigenvalue weighted by atomic mass is 10.2. The van der Waals surface area contributed by atoms with Crippen LogP contribution in [0.25, 0.3) is 0 Å². The van der Waals surface area contributed by atoms with Crippen molar-refractivity contribution in [3.05, 3.63) is 71.9 Å². The van der Waals surface area contributed by atoms with Crippen LogP contribution in [0.1, 0.15) is 15.9 Å². The summed E-state index contributed by atoms with van der Waals surface area (Å²) in [5.74, 6) is 1.73. The van der Waals surface area contributed by atoms with Crippen molar-refractivity contribution in [2.24, 2.45) is 0 Å². The Kier molecular flexibility index (Phi) is 5.56. The second kappa shape index (κ2) is 8.23. The van der Waals surface area contributed by atoms with E-state index >= 15 is 0 Å². The molecule has 27 heavy (non-hydrogen) atoms. The first-order valence-electron chi connectivity index (χ1n) is 8.42. The SMILES string of the molecule is COc1ccc(Nc2ccc(C(=O)Nc3cccc(C)c3)cn2)c(OC)c1. The Morgan fingerprint density at radius 2 is 1.85 bits per heavy atom. The van der Waals surface area contributed by atoms with Crippen LogP contribution in [0.2, 0.25) is 0 Å². The summed E-state index contributed by atoms with van der Waals surface area (Å²) in [4.78, 5) is 16.7. The first-order valence-corrected chi connectivity index (χ1v) is 8.42. The molecule has 138 valence electrons. The van der Waals surface area contributed by atoms with Gasteiger partial charge >= 0.3 is 0 Å². The van der Waals surface area contributed by atoms with E-state index in [9.17, 15) is 4.79 Å². The van der Waals surface area contributed by atoms with Crippen LogP contribution in [0.4, 0.5) is 17.2 Å². The molecule has 1 heterocycles. The van der Waals surface area contributed by atoms with Crippen LogP contribution in [0, 0.1) is 6.92 Å². The third-order valence-electron chi connectivity index (χ3n) is 3.97. The number of amides is 1. The molecule has 0 aliphatic heterocycles. The lowest BCUT2D eigenvalue weighted by Gasteiger charge is -2.12. The van der Waals surface area contributed by atoms with Crippen molar-refractivity contribution in [3.63, 3.8) is 0 Å². The molecule has 0 bridgehead atoms. The molecule has 6 nitrogen and oxygen atoms in total. The van der Waals surface area contributed by atoms with Crippen molar-refractivity contribution in [3.8, 4) is 11.5 Å². The zero-order valence-corrected chi connectivity index (χ0v) is 15.4. The van der Waals surface area contributed by atoms with E-state index in [1.54, 1.807) is 32.4 Å². The van der Waals surface area contributed by atoms with Crippen LogP contribution < -0.4 is 20.1 Å². The third kappa shape index (κ3) is 4.55. The maximum Gasteiger partial charge on any atom is 0.257 e. The highest BCUT2D eigenvalue weighted by Gasteiger charge is 2.09. The number of benzene rings is 2. The van der Waals surface area contributed by atoms with E-state index in [2.05, 4.69) is 15.6 Å². The summed E-state index contributed by atoms with van der Waals surface area (Å²) in [7, 11) is 3.19. The summed E-state index contributed by atoms with van der Waals surface area (Å²) in [6.45, 7) is 1.98. The van der Waals surface area contributed by atoms with Gasteiger partial charge in [-0.2, -0.15) is 0 Å². The summed E-state index contributed by atoms with van der Waals surface area (Å²) in [6, 6.07) is 16.6. The predicted molar refractivity (Wildman–Crippen MR) is 106 cm³/mol. The molecule has 0 radical (unpaired) electrons. The topological polar surface area (TPSA) is 72.5 Å². The van der Waals surface area contributed by atoms with Gasteiger partial charge in [0.15, 0.2) is 0 Å². The minimum absolute atomic E-state index is 0.207. The van der Waals surface area contributed by atoms with E-state index in [4.69, 9.17) is 9.47 Å². The van der Waals surface area contributed by atoms with Gasteiger partial charge in [-0.25, -0.2) is 4.98 Å². The van der Waals surface area contributed by atoms with Crippen molar-refractivity contribution < 1.29 is 14.3 Å². The number of hydrogen-bond donors (Lipinski definition) is 2. The van der Waals surface area contributed by atoms with Gasteiger partial charge in [-0.3, -0.25) is 4.79 Å². The molecule has 0 saturated heterocycles. The van der Waals surface area contributed by atoms with Crippen LogP contribution in [0.15, 0.2) is 60.8 Å². The lowest BCUT2D eigenvalue weighted by Crippen LogP contribution is -2.12. The molecule has 0 saturated carbocycles. The van der Waals surface area contributed by atoms with E-state index < -0.39 is 0 Å². The number of anilines is 3. The highest BCUT2D eigenvalue weighted by atomic mass is 16.5. The van der Waals surface area contributed by atoms with Gasteiger partial charge in [0, 0.05) is 18.0 Å². The zero-order chi connectivity index (χ0) is 19.2. The number of carbonyl (C=O) groups excluding carboxylic acids is 1. The van der Waals surface area contributed by atoms with Crippen LogP contribution >= 0.6 is 0 Å². The molecule has 2 N–H and O–H groups in total. The molecular formula is C21H21N3O3. The second-order valence-corrected chi connectivity index (χ2v) is 5.95. The van der Waals surface area contributed by atoms with Crippen molar-refractivity contribution in [1.29, 1.82) is 0 Å². The van der Waals surface area contributed by atoms with Crippen molar-refractivity contribution in [1.82, 2.24) is 4.98 Å². The monoisotopic (exact) mass is 363 g/mol. The summed E-state index contributed by atoms with van der Waals surface area (Å²) in [5.41, 5.74) is 3.07. The number of aryl methyl sites for hydroxylation is 1. The summed E-state index contributed by atoms with van der Waals surface area (Å²) in [6.07, 6.45) is 1.53. The zero-order valence-electron chi connectivity index (χ0n) is 15.4. The molecule has 6 heteroatoms. The first kappa shape index (κ1) is 18.3. The highest BCUT2D eigenvalue weighted by molar-refractivity contribution is 6.04. The Hall–Kier alpha value is -3.54. The lowest BCUT2D eigenvalue weighted by molar-refractivity contribution is 0.102. The van der Waals surface area contributed by atoms with E-state index in [1.165, 1.54) is 6.20 Å². The van der Waals surface area contributed by atoms with Crippen LogP contribution in [-0.4, -0.2) is 25.1 Å². The number of pyridine rings is 1. The van der Waals surface area contributed by atoms with Crippen molar-refractivity contribution in [2.45, 2.75) is 6.92 Å². The Bertz CT molecular complexity index is 940. The van der Waals surface area contributed by atoms with E-state index in [-0.39, 0.29) is 5.91 Å². The van der Waals surface area contributed by atoms with Gasteiger partial charge in [0.2, 0.25) is 0 Å². The van der Waals surface area contributed by atoms with Gasteiger partial charge in [-0.1, -0.05) is 12.1 Å². The number of hydrogen-bond acceptors (Lipinski definition) is 5.